The van der Waals surface area contributed by atoms with Gasteiger partial charge in [-0.3, -0.25) is 0 Å². The molecular weight excluding hydrogens is 358 g/mol. The fourth-order valence-corrected chi connectivity index (χ4v) is 3.80. The van der Waals surface area contributed by atoms with Crippen molar-refractivity contribution in [3.63, 3.8) is 0 Å². The van der Waals surface area contributed by atoms with Crippen molar-refractivity contribution in [2.75, 3.05) is 17.2 Å². The number of hydrogen-bond acceptors (Lipinski definition) is 3. The van der Waals surface area contributed by atoms with Crippen LogP contribution in [-0.2, 0) is 6.42 Å². The van der Waals surface area contributed by atoms with E-state index in [1.54, 1.807) is 0 Å². The van der Waals surface area contributed by atoms with Gasteiger partial charge in [0.15, 0.2) is 5.88 Å². The summed E-state index contributed by atoms with van der Waals surface area (Å²) in [5.41, 5.74) is 3.54. The Morgan fingerprint density at radius 3 is 2.62 bits per heavy atom. The molecule has 4 heteroatoms. The summed E-state index contributed by atoms with van der Waals surface area (Å²) in [6, 6.07) is 19.1. The molecular formula is C25H31N3O. The predicted molar refractivity (Wildman–Crippen MR) is 124 cm³/mol. The minimum Gasteiger partial charge on any atom is -0.441 e. The topological polar surface area (TPSA) is 53.0 Å². The molecule has 4 rings (SSSR count). The zero-order valence-electron chi connectivity index (χ0n) is 17.8. The summed E-state index contributed by atoms with van der Waals surface area (Å²) >= 11 is 0. The van der Waals surface area contributed by atoms with E-state index in [0.29, 0.717) is 5.92 Å². The molecule has 0 aliphatic rings. The van der Waals surface area contributed by atoms with Gasteiger partial charge in [-0.15, -0.1) is 0 Å². The van der Waals surface area contributed by atoms with Crippen molar-refractivity contribution >= 4 is 33.6 Å². The molecule has 0 saturated carbocycles. The van der Waals surface area contributed by atoms with Gasteiger partial charge in [-0.2, -0.15) is 0 Å². The second-order valence-corrected chi connectivity index (χ2v) is 9.15. The number of benzene rings is 2. The Morgan fingerprint density at radius 2 is 1.83 bits per heavy atom. The second-order valence-electron chi connectivity index (χ2n) is 9.15. The van der Waals surface area contributed by atoms with Crippen molar-refractivity contribution in [2.45, 2.75) is 46.1 Å². The summed E-state index contributed by atoms with van der Waals surface area (Å²) in [5.74, 6) is 2.52. The van der Waals surface area contributed by atoms with Crippen LogP contribution in [-0.4, -0.2) is 17.1 Å². The van der Waals surface area contributed by atoms with Crippen LogP contribution in [0, 0.1) is 5.92 Å². The molecule has 0 aliphatic heterocycles. The predicted octanol–water partition coefficient (Wildman–Crippen LogP) is 6.81. The van der Waals surface area contributed by atoms with E-state index < -0.39 is 0 Å². The minimum absolute atomic E-state index is 0.0467. The highest BCUT2D eigenvalue weighted by Gasteiger charge is 2.12. The van der Waals surface area contributed by atoms with Crippen molar-refractivity contribution in [3.05, 3.63) is 60.2 Å². The maximum atomic E-state index is 5.83. The van der Waals surface area contributed by atoms with Crippen molar-refractivity contribution < 1.29 is 4.42 Å². The van der Waals surface area contributed by atoms with E-state index in [2.05, 4.69) is 79.7 Å². The van der Waals surface area contributed by atoms with E-state index in [1.807, 2.05) is 18.2 Å². The van der Waals surface area contributed by atoms with Gasteiger partial charge in [0.1, 0.15) is 11.4 Å². The van der Waals surface area contributed by atoms with Crippen molar-refractivity contribution in [3.8, 4) is 0 Å². The lowest BCUT2D eigenvalue weighted by molar-refractivity contribution is 0.539. The van der Waals surface area contributed by atoms with E-state index in [-0.39, 0.29) is 5.54 Å². The van der Waals surface area contributed by atoms with Crippen LogP contribution in [0.15, 0.2) is 59.0 Å². The zero-order valence-corrected chi connectivity index (χ0v) is 17.8. The molecule has 2 aromatic heterocycles. The van der Waals surface area contributed by atoms with E-state index in [0.717, 1.165) is 42.1 Å². The van der Waals surface area contributed by atoms with Crippen LogP contribution in [0.2, 0.25) is 0 Å². The number of rotatable bonds is 7. The number of hydrogen-bond donors (Lipinski definition) is 3. The van der Waals surface area contributed by atoms with Gasteiger partial charge < -0.3 is 20.0 Å². The molecule has 4 aromatic rings. The lowest BCUT2D eigenvalue weighted by Crippen LogP contribution is -2.26. The number of aromatic nitrogens is 1. The lowest BCUT2D eigenvalue weighted by atomic mass is 9.97. The van der Waals surface area contributed by atoms with Crippen LogP contribution in [0.25, 0.3) is 21.9 Å². The maximum absolute atomic E-state index is 5.83. The molecule has 0 amide bonds. The van der Waals surface area contributed by atoms with E-state index >= 15 is 0 Å². The summed E-state index contributed by atoms with van der Waals surface area (Å²) in [4.78, 5) is 3.46. The van der Waals surface area contributed by atoms with Gasteiger partial charge in [0, 0.05) is 34.4 Å². The molecule has 0 radical (unpaired) electrons. The van der Waals surface area contributed by atoms with E-state index in [9.17, 15) is 0 Å². The first kappa shape index (κ1) is 19.4. The average Bonchev–Trinajstić information content (AvgIpc) is 3.22. The first-order valence-corrected chi connectivity index (χ1v) is 10.5. The van der Waals surface area contributed by atoms with Crippen LogP contribution in [0.1, 0.15) is 39.7 Å². The molecule has 2 aromatic carbocycles. The van der Waals surface area contributed by atoms with Gasteiger partial charge in [0.25, 0.3) is 0 Å². The quantitative estimate of drug-likeness (QED) is 0.325. The number of furan rings is 1. The van der Waals surface area contributed by atoms with Gasteiger partial charge in [0.05, 0.1) is 0 Å². The van der Waals surface area contributed by atoms with Crippen molar-refractivity contribution in [1.82, 2.24) is 4.98 Å². The minimum atomic E-state index is 0.0467. The molecule has 0 spiro atoms. The van der Waals surface area contributed by atoms with Gasteiger partial charge in [-0.1, -0.05) is 31.2 Å². The first-order valence-electron chi connectivity index (χ1n) is 10.5. The van der Waals surface area contributed by atoms with E-state index in [4.69, 9.17) is 4.42 Å². The number of para-hydroxylation sites is 1. The Balaban J connectivity index is 1.32. The second kappa shape index (κ2) is 7.86. The van der Waals surface area contributed by atoms with Crippen LogP contribution >= 0.6 is 0 Å². The summed E-state index contributed by atoms with van der Waals surface area (Å²) in [6.07, 6.45) is 2.17. The largest absolute Gasteiger partial charge is 0.441 e. The van der Waals surface area contributed by atoms with Gasteiger partial charge >= 0.3 is 0 Å². The van der Waals surface area contributed by atoms with Crippen LogP contribution in [0.3, 0.4) is 0 Å². The Labute approximate surface area is 172 Å². The molecule has 1 unspecified atom stereocenters. The highest BCUT2D eigenvalue weighted by Crippen LogP contribution is 2.25. The molecule has 4 nitrogen and oxygen atoms in total. The molecule has 0 bridgehead atoms. The Morgan fingerprint density at radius 1 is 1.00 bits per heavy atom. The number of aromatic amines is 1. The molecule has 3 N–H and O–H groups in total. The smallest absolute Gasteiger partial charge is 0.194 e. The van der Waals surface area contributed by atoms with Gasteiger partial charge in [-0.25, -0.2) is 0 Å². The Hall–Kier alpha value is -2.88. The molecule has 29 heavy (non-hydrogen) atoms. The molecule has 0 saturated heterocycles. The summed E-state index contributed by atoms with van der Waals surface area (Å²) in [6.45, 7) is 9.74. The third kappa shape index (κ3) is 4.94. The lowest BCUT2D eigenvalue weighted by Gasteiger charge is -2.20. The summed E-state index contributed by atoms with van der Waals surface area (Å²) in [7, 11) is 0. The van der Waals surface area contributed by atoms with Crippen molar-refractivity contribution in [2.24, 2.45) is 5.92 Å². The molecule has 1 atom stereocenters. The maximum Gasteiger partial charge on any atom is 0.194 e. The SMILES string of the molecule is CC(CCNc1cc2ccccc2o1)Cc1ccc2[nH]c(NC(C)(C)C)cc2c1. The number of fused-ring (bicyclic) bond motifs is 2. The Kier molecular flexibility index (Phi) is 5.27. The molecule has 152 valence electrons. The molecule has 2 heterocycles. The number of nitrogens with one attached hydrogen (secondary N) is 3. The first-order chi connectivity index (χ1) is 13.9. The van der Waals surface area contributed by atoms with Gasteiger partial charge in [0.2, 0.25) is 0 Å². The summed E-state index contributed by atoms with van der Waals surface area (Å²) < 4.78 is 5.83. The van der Waals surface area contributed by atoms with Crippen LogP contribution in [0.4, 0.5) is 11.7 Å². The fourth-order valence-electron chi connectivity index (χ4n) is 3.80. The third-order valence-corrected chi connectivity index (χ3v) is 5.14. The van der Waals surface area contributed by atoms with E-state index in [1.165, 1.54) is 16.5 Å². The van der Waals surface area contributed by atoms with Gasteiger partial charge in [-0.05, 0) is 69.4 Å². The standard InChI is InChI=1S/C25H31N3O/c1-17(11-12-26-24-16-19-7-5-6-8-22(19)29-24)13-18-9-10-21-20(14-18)15-23(27-21)28-25(2,3)4/h5-10,14-17,26-28H,11-13H2,1-4H3. The molecule has 0 fully saturated rings. The normalized spacial score (nSPS) is 13.1. The number of H-pyrrole nitrogens is 1. The molecule has 0 aliphatic carbocycles. The Bertz CT molecular complexity index is 1070. The zero-order chi connectivity index (χ0) is 20.4. The average molecular weight is 390 g/mol. The number of anilines is 2. The van der Waals surface area contributed by atoms with Crippen molar-refractivity contribution in [1.29, 1.82) is 0 Å². The fraction of sp³-hybridized carbons (Fsp3) is 0.360. The highest BCUT2D eigenvalue weighted by molar-refractivity contribution is 5.84. The highest BCUT2D eigenvalue weighted by atomic mass is 16.3. The van der Waals surface area contributed by atoms with Crippen LogP contribution in [0.5, 0.6) is 0 Å². The van der Waals surface area contributed by atoms with Crippen LogP contribution < -0.4 is 10.6 Å². The summed E-state index contributed by atoms with van der Waals surface area (Å²) in [5, 5.41) is 9.34. The monoisotopic (exact) mass is 389 g/mol. The third-order valence-electron chi connectivity index (χ3n) is 5.14.